The number of hydrogen-bond acceptors (Lipinski definition) is 4. The third-order valence-electron chi connectivity index (χ3n) is 4.48. The molecule has 0 aliphatic carbocycles. The smallest absolute Gasteiger partial charge is 0.317 e. The van der Waals surface area contributed by atoms with E-state index in [2.05, 4.69) is 10.3 Å². The zero-order chi connectivity index (χ0) is 18.5. The van der Waals surface area contributed by atoms with Gasteiger partial charge in [-0.3, -0.25) is 4.79 Å². The van der Waals surface area contributed by atoms with E-state index in [4.69, 9.17) is 4.42 Å². The van der Waals surface area contributed by atoms with Crippen molar-refractivity contribution in [3.63, 3.8) is 0 Å². The average molecular weight is 356 g/mol. The monoisotopic (exact) mass is 356 g/mol. The molecule has 2 heterocycles. The molecule has 26 heavy (non-hydrogen) atoms. The largest absolute Gasteiger partial charge is 0.441 e. The molecule has 0 spiro atoms. The Bertz CT molecular complexity index is 764. The quantitative estimate of drug-likeness (QED) is 0.910. The third-order valence-corrected chi connectivity index (χ3v) is 4.48. The van der Waals surface area contributed by atoms with Crippen molar-refractivity contribution in [2.45, 2.75) is 20.3 Å². The lowest BCUT2D eigenvalue weighted by Gasteiger charge is -2.34. The van der Waals surface area contributed by atoms with Crippen molar-refractivity contribution in [2.75, 3.05) is 32.7 Å². The van der Waals surface area contributed by atoms with Crippen molar-refractivity contribution >= 4 is 11.9 Å². The SMILES string of the molecule is CCNC(=O)N1CCN(C(=O)Cc2nc(-c3ccccc3)oc2C)CC1. The highest BCUT2D eigenvalue weighted by molar-refractivity contribution is 5.79. The molecule has 7 heteroatoms. The summed E-state index contributed by atoms with van der Waals surface area (Å²) in [6.45, 7) is 6.50. The summed E-state index contributed by atoms with van der Waals surface area (Å²) >= 11 is 0. The highest BCUT2D eigenvalue weighted by Crippen LogP contribution is 2.22. The van der Waals surface area contributed by atoms with E-state index < -0.39 is 0 Å². The number of oxazole rings is 1. The summed E-state index contributed by atoms with van der Waals surface area (Å²) in [6.07, 6.45) is 0.212. The molecule has 1 N–H and O–H groups in total. The standard InChI is InChI=1S/C19H24N4O3/c1-3-20-19(25)23-11-9-22(10-12-23)17(24)13-16-14(2)26-18(21-16)15-7-5-4-6-8-15/h4-8H,3,9-13H2,1-2H3,(H,20,25). The van der Waals surface area contributed by atoms with Crippen LogP contribution >= 0.6 is 0 Å². The summed E-state index contributed by atoms with van der Waals surface area (Å²) in [7, 11) is 0. The Labute approximate surface area is 153 Å². The second-order valence-corrected chi connectivity index (χ2v) is 6.27. The van der Waals surface area contributed by atoms with E-state index >= 15 is 0 Å². The molecule has 0 unspecified atom stereocenters. The second kappa shape index (κ2) is 8.03. The van der Waals surface area contributed by atoms with E-state index in [1.807, 2.05) is 44.2 Å². The molecule has 0 saturated carbocycles. The maximum absolute atomic E-state index is 12.6. The first-order chi connectivity index (χ1) is 12.6. The van der Waals surface area contributed by atoms with Gasteiger partial charge in [-0.05, 0) is 26.0 Å². The van der Waals surface area contributed by atoms with E-state index in [1.54, 1.807) is 9.80 Å². The highest BCUT2D eigenvalue weighted by Gasteiger charge is 2.25. The van der Waals surface area contributed by atoms with Crippen LogP contribution in [-0.2, 0) is 11.2 Å². The molecule has 0 atom stereocenters. The summed E-state index contributed by atoms with van der Waals surface area (Å²) in [5, 5.41) is 2.79. The molecule has 1 saturated heterocycles. The van der Waals surface area contributed by atoms with Gasteiger partial charge in [-0.2, -0.15) is 0 Å². The Kier molecular flexibility index (Phi) is 5.55. The van der Waals surface area contributed by atoms with Gasteiger partial charge in [-0.1, -0.05) is 18.2 Å². The van der Waals surface area contributed by atoms with E-state index in [1.165, 1.54) is 0 Å². The zero-order valence-corrected chi connectivity index (χ0v) is 15.2. The van der Waals surface area contributed by atoms with E-state index in [0.29, 0.717) is 50.1 Å². The predicted molar refractivity (Wildman–Crippen MR) is 97.6 cm³/mol. The summed E-state index contributed by atoms with van der Waals surface area (Å²) < 4.78 is 5.72. The number of benzene rings is 1. The van der Waals surface area contributed by atoms with Crippen LogP contribution in [0, 0.1) is 6.92 Å². The van der Waals surface area contributed by atoms with Crippen molar-refractivity contribution in [2.24, 2.45) is 0 Å². The van der Waals surface area contributed by atoms with Crippen LogP contribution in [0.4, 0.5) is 4.79 Å². The van der Waals surface area contributed by atoms with Crippen LogP contribution in [0.2, 0.25) is 0 Å². The van der Waals surface area contributed by atoms with Crippen LogP contribution in [0.5, 0.6) is 0 Å². The minimum Gasteiger partial charge on any atom is -0.441 e. The van der Waals surface area contributed by atoms with E-state index in [9.17, 15) is 9.59 Å². The Morgan fingerprint density at radius 3 is 2.42 bits per heavy atom. The van der Waals surface area contributed by atoms with Crippen LogP contribution in [-0.4, -0.2) is 59.4 Å². The summed E-state index contributed by atoms with van der Waals surface area (Å²) in [4.78, 5) is 32.4. The number of rotatable bonds is 4. The Hall–Kier alpha value is -2.83. The van der Waals surface area contributed by atoms with Crippen molar-refractivity contribution in [1.82, 2.24) is 20.1 Å². The van der Waals surface area contributed by atoms with E-state index in [0.717, 1.165) is 5.56 Å². The van der Waals surface area contributed by atoms with Crippen LogP contribution < -0.4 is 5.32 Å². The van der Waals surface area contributed by atoms with Gasteiger partial charge < -0.3 is 19.5 Å². The first-order valence-electron chi connectivity index (χ1n) is 8.90. The van der Waals surface area contributed by atoms with Gasteiger partial charge in [0.1, 0.15) is 5.76 Å². The van der Waals surface area contributed by atoms with Gasteiger partial charge in [-0.15, -0.1) is 0 Å². The van der Waals surface area contributed by atoms with Gasteiger partial charge in [0.2, 0.25) is 11.8 Å². The molecule has 3 rings (SSSR count). The fraction of sp³-hybridized carbons (Fsp3) is 0.421. The number of piperazine rings is 1. The Morgan fingerprint density at radius 1 is 1.12 bits per heavy atom. The van der Waals surface area contributed by atoms with Gasteiger partial charge in [0.15, 0.2) is 0 Å². The average Bonchev–Trinajstić information content (AvgIpc) is 3.03. The first-order valence-corrected chi connectivity index (χ1v) is 8.90. The number of nitrogens with one attached hydrogen (secondary N) is 1. The number of amides is 3. The predicted octanol–water partition coefficient (Wildman–Crippen LogP) is 2.07. The number of hydrogen-bond donors (Lipinski definition) is 1. The summed E-state index contributed by atoms with van der Waals surface area (Å²) in [5.41, 5.74) is 1.56. The number of nitrogens with zero attached hydrogens (tertiary/aromatic N) is 3. The van der Waals surface area contributed by atoms with Gasteiger partial charge >= 0.3 is 6.03 Å². The molecular weight excluding hydrogens is 332 g/mol. The Morgan fingerprint density at radius 2 is 1.77 bits per heavy atom. The number of aromatic nitrogens is 1. The van der Waals surface area contributed by atoms with Gasteiger partial charge in [0, 0.05) is 38.3 Å². The number of carbonyl (C=O) groups excluding carboxylic acids is 2. The molecule has 1 aromatic heterocycles. The minimum atomic E-state index is -0.0700. The Balaban J connectivity index is 1.59. The van der Waals surface area contributed by atoms with Gasteiger partial charge in [-0.25, -0.2) is 9.78 Å². The molecule has 1 fully saturated rings. The zero-order valence-electron chi connectivity index (χ0n) is 15.2. The lowest BCUT2D eigenvalue weighted by molar-refractivity contribution is -0.131. The topological polar surface area (TPSA) is 78.7 Å². The number of carbonyl (C=O) groups is 2. The van der Waals surface area contributed by atoms with Crippen molar-refractivity contribution in [3.8, 4) is 11.5 Å². The molecule has 0 radical (unpaired) electrons. The van der Waals surface area contributed by atoms with Crippen LogP contribution in [0.25, 0.3) is 11.5 Å². The minimum absolute atomic E-state index is 0.0107. The summed E-state index contributed by atoms with van der Waals surface area (Å²) in [5.74, 6) is 1.21. The van der Waals surface area contributed by atoms with Crippen LogP contribution in [0.1, 0.15) is 18.4 Å². The van der Waals surface area contributed by atoms with Crippen LogP contribution in [0.3, 0.4) is 0 Å². The lowest BCUT2D eigenvalue weighted by Crippen LogP contribution is -2.53. The van der Waals surface area contributed by atoms with Crippen LogP contribution in [0.15, 0.2) is 34.7 Å². The number of urea groups is 1. The number of aryl methyl sites for hydroxylation is 1. The maximum Gasteiger partial charge on any atom is 0.317 e. The molecule has 1 aliphatic heterocycles. The molecular formula is C19H24N4O3. The van der Waals surface area contributed by atoms with Crippen molar-refractivity contribution < 1.29 is 14.0 Å². The molecule has 7 nitrogen and oxygen atoms in total. The maximum atomic E-state index is 12.6. The van der Waals surface area contributed by atoms with Gasteiger partial charge in [0.05, 0.1) is 12.1 Å². The normalized spacial score (nSPS) is 14.4. The molecule has 3 amide bonds. The molecule has 138 valence electrons. The van der Waals surface area contributed by atoms with Crippen molar-refractivity contribution in [3.05, 3.63) is 41.8 Å². The third kappa shape index (κ3) is 4.04. The van der Waals surface area contributed by atoms with E-state index in [-0.39, 0.29) is 18.4 Å². The molecule has 1 aromatic carbocycles. The second-order valence-electron chi connectivity index (χ2n) is 6.27. The fourth-order valence-electron chi connectivity index (χ4n) is 2.97. The van der Waals surface area contributed by atoms with Gasteiger partial charge in [0.25, 0.3) is 0 Å². The highest BCUT2D eigenvalue weighted by atomic mass is 16.4. The first kappa shape index (κ1) is 18.0. The summed E-state index contributed by atoms with van der Waals surface area (Å²) in [6, 6.07) is 9.57. The van der Waals surface area contributed by atoms with Crippen molar-refractivity contribution in [1.29, 1.82) is 0 Å². The molecule has 0 bridgehead atoms. The lowest BCUT2D eigenvalue weighted by atomic mass is 10.2. The fourth-order valence-corrected chi connectivity index (χ4v) is 2.97. The molecule has 2 aromatic rings. The molecule has 1 aliphatic rings.